The molecule has 0 spiro atoms. The van der Waals surface area contributed by atoms with E-state index in [1.807, 2.05) is 12.4 Å². The lowest BCUT2D eigenvalue weighted by atomic mass is 9.40. The minimum atomic E-state index is -0.326. The molecule has 3 rings (SSSR count). The Morgan fingerprint density at radius 2 is 1.74 bits per heavy atom. The number of halogens is 1. The normalized spacial score (nSPS) is 12.2. The lowest BCUT2D eigenvalue weighted by Crippen LogP contribution is -2.64. The van der Waals surface area contributed by atoms with Gasteiger partial charge in [-0.2, -0.15) is 0 Å². The minimum absolute atomic E-state index is 0.0726. The standard InChI is InChI=1S/C15H22B6FN5/c1-23-9-2-3-11(22)12(5-9)26-7-8-4-10(6-24-13(8)25-26)27(14(16,17)18)15(19,20)21/h2-7,23H,16-21H2,1H3. The van der Waals surface area contributed by atoms with E-state index in [4.69, 9.17) is 0 Å². The van der Waals surface area contributed by atoms with Crippen LogP contribution in [-0.4, -0.2) is 79.4 Å². The summed E-state index contributed by atoms with van der Waals surface area (Å²) in [6.45, 7) is 0. The van der Waals surface area contributed by atoms with Crippen LogP contribution in [0.3, 0.4) is 0 Å². The molecule has 0 atom stereocenters. The summed E-state index contributed by atoms with van der Waals surface area (Å²) in [5.74, 6) is -0.326. The first-order valence-electron chi connectivity index (χ1n) is 9.14. The molecule has 2 aromatic heterocycles. The first-order valence-corrected chi connectivity index (χ1v) is 9.14. The molecule has 0 saturated carbocycles. The Bertz CT molecular complexity index is 967. The van der Waals surface area contributed by atoms with Crippen LogP contribution in [0.15, 0.2) is 36.7 Å². The molecule has 132 valence electrons. The predicted octanol–water partition coefficient (Wildman–Crippen LogP) is -3.57. The van der Waals surface area contributed by atoms with Crippen molar-refractivity contribution >= 4 is 69.5 Å². The van der Waals surface area contributed by atoms with E-state index in [1.165, 1.54) is 6.07 Å². The van der Waals surface area contributed by atoms with Crippen molar-refractivity contribution in [3.8, 4) is 5.69 Å². The SMILES string of the molecule is BC(B)(B)N(c1cnc2nn(-c3cc(NC)ccc3F)cc2c1)C(B)(B)B. The van der Waals surface area contributed by atoms with Gasteiger partial charge in [-0.05, 0) is 34.7 Å². The van der Waals surface area contributed by atoms with E-state index in [-0.39, 0.29) is 16.3 Å². The molecule has 0 unspecified atom stereocenters. The first-order chi connectivity index (χ1) is 12.5. The topological polar surface area (TPSA) is 46.0 Å². The number of fused-ring (bicyclic) bond motifs is 1. The van der Waals surface area contributed by atoms with Gasteiger partial charge in [-0.15, -0.1) is 5.10 Å². The molecule has 0 aliphatic heterocycles. The highest BCUT2D eigenvalue weighted by Crippen LogP contribution is 2.27. The Morgan fingerprint density at radius 1 is 1.07 bits per heavy atom. The third kappa shape index (κ3) is 3.89. The summed E-state index contributed by atoms with van der Waals surface area (Å²) in [4.78, 5) is 6.88. The number of anilines is 2. The second kappa shape index (κ2) is 6.73. The summed E-state index contributed by atoms with van der Waals surface area (Å²) in [5, 5.41) is 8.22. The average Bonchev–Trinajstić information content (AvgIpc) is 2.95. The van der Waals surface area contributed by atoms with E-state index in [2.05, 4.69) is 73.4 Å². The molecule has 0 saturated heterocycles. The molecule has 0 fully saturated rings. The van der Waals surface area contributed by atoms with Crippen LogP contribution in [0, 0.1) is 5.82 Å². The molecule has 1 N–H and O–H groups in total. The van der Waals surface area contributed by atoms with Gasteiger partial charge in [0.1, 0.15) is 58.6 Å². The molecule has 0 aliphatic rings. The zero-order valence-electron chi connectivity index (χ0n) is 17.1. The molecule has 27 heavy (non-hydrogen) atoms. The van der Waals surface area contributed by atoms with Gasteiger partial charge in [0.25, 0.3) is 0 Å². The lowest BCUT2D eigenvalue weighted by Gasteiger charge is -2.49. The van der Waals surface area contributed by atoms with Gasteiger partial charge in [-0.3, -0.25) is 0 Å². The Hall–Kier alpha value is -2.24. The van der Waals surface area contributed by atoms with E-state index < -0.39 is 0 Å². The molecule has 5 nitrogen and oxygen atoms in total. The van der Waals surface area contributed by atoms with Crippen LogP contribution in [0.1, 0.15) is 0 Å². The number of rotatable bonds is 5. The van der Waals surface area contributed by atoms with Gasteiger partial charge in [0.15, 0.2) is 5.65 Å². The van der Waals surface area contributed by atoms with Crippen LogP contribution >= 0.6 is 0 Å². The van der Waals surface area contributed by atoms with Gasteiger partial charge < -0.3 is 10.2 Å². The predicted molar refractivity (Wildman–Crippen MR) is 128 cm³/mol. The highest BCUT2D eigenvalue weighted by Gasteiger charge is 2.31. The number of hydrogen-bond acceptors (Lipinski definition) is 4. The summed E-state index contributed by atoms with van der Waals surface area (Å²) < 4.78 is 15.9. The summed E-state index contributed by atoms with van der Waals surface area (Å²) in [6.07, 6.45) is 3.67. The van der Waals surface area contributed by atoms with Crippen molar-refractivity contribution in [2.24, 2.45) is 0 Å². The molecular weight excluding hydrogens is 334 g/mol. The second-order valence-electron chi connectivity index (χ2n) is 8.77. The van der Waals surface area contributed by atoms with Crippen LogP contribution in [0.25, 0.3) is 16.7 Å². The summed E-state index contributed by atoms with van der Waals surface area (Å²) in [5.41, 5.74) is 2.83. The fraction of sp³-hybridized carbons (Fsp3) is 0.200. The molecule has 3 aromatic rings. The number of nitrogens with zero attached hydrogens (tertiary/aromatic N) is 4. The largest absolute Gasteiger partial charge is 0.406 e. The van der Waals surface area contributed by atoms with Gasteiger partial charge in [0.2, 0.25) is 0 Å². The molecule has 12 heteroatoms. The van der Waals surface area contributed by atoms with Gasteiger partial charge in [0.05, 0.1) is 11.9 Å². The van der Waals surface area contributed by atoms with E-state index in [9.17, 15) is 4.39 Å². The van der Waals surface area contributed by atoms with Gasteiger partial charge in [-0.25, -0.2) is 14.1 Å². The van der Waals surface area contributed by atoms with E-state index in [0.29, 0.717) is 11.3 Å². The molecule has 0 radical (unpaired) electrons. The Morgan fingerprint density at radius 3 is 2.33 bits per heavy atom. The molecule has 0 amide bonds. The highest BCUT2D eigenvalue weighted by molar-refractivity contribution is 6.66. The lowest BCUT2D eigenvalue weighted by molar-refractivity contribution is 0.611. The van der Waals surface area contributed by atoms with E-state index >= 15 is 0 Å². The summed E-state index contributed by atoms with van der Waals surface area (Å²) >= 11 is 0. The maximum absolute atomic E-state index is 14.3. The van der Waals surface area contributed by atoms with Crippen molar-refractivity contribution in [2.45, 2.75) is 10.5 Å². The summed E-state index contributed by atoms with van der Waals surface area (Å²) in [7, 11) is 14.9. The van der Waals surface area contributed by atoms with Crippen molar-refractivity contribution in [1.29, 1.82) is 0 Å². The van der Waals surface area contributed by atoms with Crippen molar-refractivity contribution in [1.82, 2.24) is 14.8 Å². The van der Waals surface area contributed by atoms with Crippen molar-refractivity contribution in [2.75, 3.05) is 17.3 Å². The van der Waals surface area contributed by atoms with Crippen LogP contribution in [-0.2, 0) is 0 Å². The molecule has 2 heterocycles. The first kappa shape index (κ1) is 19.5. The molecule has 1 aromatic carbocycles. The van der Waals surface area contributed by atoms with Crippen molar-refractivity contribution in [3.05, 3.63) is 42.5 Å². The van der Waals surface area contributed by atoms with Crippen molar-refractivity contribution < 1.29 is 4.39 Å². The summed E-state index contributed by atoms with van der Waals surface area (Å²) in [6, 6.07) is 6.94. The van der Waals surface area contributed by atoms with Crippen LogP contribution < -0.4 is 10.2 Å². The number of hydrogen-bond donors (Lipinski definition) is 1. The zero-order chi connectivity index (χ0) is 20.0. The average molecular weight is 356 g/mol. The minimum Gasteiger partial charge on any atom is -0.406 e. The number of pyridine rings is 1. The van der Waals surface area contributed by atoms with Gasteiger partial charge in [-0.1, -0.05) is 0 Å². The third-order valence-electron chi connectivity index (χ3n) is 4.43. The zero-order valence-corrected chi connectivity index (χ0v) is 17.1. The number of nitrogens with one attached hydrogen (secondary N) is 1. The Kier molecular flexibility index (Phi) is 4.87. The fourth-order valence-corrected chi connectivity index (χ4v) is 3.77. The second-order valence-corrected chi connectivity index (χ2v) is 8.77. The smallest absolute Gasteiger partial charge is 0.181 e. The Labute approximate surface area is 164 Å². The number of benzene rings is 1. The highest BCUT2D eigenvalue weighted by atomic mass is 19.1. The molecular formula is C15H22B6FN5. The van der Waals surface area contributed by atoms with Crippen molar-refractivity contribution in [3.63, 3.8) is 0 Å². The van der Waals surface area contributed by atoms with E-state index in [1.54, 1.807) is 23.9 Å². The van der Waals surface area contributed by atoms with Crippen LogP contribution in [0.4, 0.5) is 15.8 Å². The van der Waals surface area contributed by atoms with E-state index in [0.717, 1.165) is 16.8 Å². The third-order valence-corrected chi connectivity index (χ3v) is 4.43. The van der Waals surface area contributed by atoms with Gasteiger partial charge >= 0.3 is 0 Å². The monoisotopic (exact) mass is 357 g/mol. The molecule has 0 aliphatic carbocycles. The fourth-order valence-electron chi connectivity index (χ4n) is 3.77. The maximum Gasteiger partial charge on any atom is 0.181 e. The van der Waals surface area contributed by atoms with Crippen LogP contribution in [0.2, 0.25) is 0 Å². The Balaban J connectivity index is 2.11. The maximum atomic E-state index is 14.3. The number of aromatic nitrogens is 3. The van der Waals surface area contributed by atoms with Gasteiger partial charge in [0, 0.05) is 24.3 Å². The molecule has 0 bridgehead atoms. The quantitative estimate of drug-likeness (QED) is 0.481. The van der Waals surface area contributed by atoms with Crippen LogP contribution in [0.5, 0.6) is 0 Å².